The van der Waals surface area contributed by atoms with Crippen LogP contribution < -0.4 is 10.1 Å². The van der Waals surface area contributed by atoms with Crippen LogP contribution in [0.1, 0.15) is 0 Å². The molecule has 0 spiro atoms. The van der Waals surface area contributed by atoms with Crippen molar-refractivity contribution in [2.75, 3.05) is 11.9 Å². The van der Waals surface area contributed by atoms with Crippen molar-refractivity contribution >= 4 is 11.7 Å². The number of carbonyl (C=O) groups excluding carboxylic acids is 1. The second-order valence-electron chi connectivity index (χ2n) is 3.91. The first kappa shape index (κ1) is 10.7. The molecular weight excluding hydrogens is 235 g/mol. The van der Waals surface area contributed by atoms with E-state index < -0.39 is 0 Å². The number of carbonyl (C=O) groups is 1. The highest BCUT2D eigenvalue weighted by Gasteiger charge is 2.17. The van der Waals surface area contributed by atoms with E-state index in [0.717, 1.165) is 11.1 Å². The Balaban J connectivity index is 1.99. The second-order valence-corrected chi connectivity index (χ2v) is 3.91. The van der Waals surface area contributed by atoms with Crippen molar-refractivity contribution in [2.24, 2.45) is 0 Å². The van der Waals surface area contributed by atoms with Crippen LogP contribution in [0.3, 0.4) is 0 Å². The van der Waals surface area contributed by atoms with E-state index in [4.69, 9.17) is 4.74 Å². The fourth-order valence-corrected chi connectivity index (χ4v) is 1.76. The van der Waals surface area contributed by atoms with Gasteiger partial charge in [-0.3, -0.25) is 4.79 Å². The zero-order valence-electron chi connectivity index (χ0n) is 9.31. The topological polar surface area (TPSA) is 51.2 Å². The number of halogens is 1. The summed E-state index contributed by atoms with van der Waals surface area (Å²) < 4.78 is 18.1. The van der Waals surface area contributed by atoms with E-state index in [1.54, 1.807) is 24.4 Å². The maximum absolute atomic E-state index is 12.8. The van der Waals surface area contributed by atoms with Crippen molar-refractivity contribution in [3.8, 4) is 16.9 Å². The minimum atomic E-state index is -0.284. The first-order valence-electron chi connectivity index (χ1n) is 5.41. The van der Waals surface area contributed by atoms with Crippen LogP contribution in [-0.4, -0.2) is 17.5 Å². The molecule has 0 bridgehead atoms. The molecular formula is C13H9FN2O2. The molecule has 90 valence electrons. The van der Waals surface area contributed by atoms with E-state index in [-0.39, 0.29) is 18.3 Å². The standard InChI is InChI=1S/C13H9FN2O2/c14-10-3-1-8(2-4-10)9-5-11-13(15-6-9)16-12(17)7-18-11/h1-6H,7H2,(H,15,16,17). The van der Waals surface area contributed by atoms with Crippen molar-refractivity contribution < 1.29 is 13.9 Å². The van der Waals surface area contributed by atoms with Crippen LogP contribution in [-0.2, 0) is 4.79 Å². The van der Waals surface area contributed by atoms with Gasteiger partial charge in [0.1, 0.15) is 5.82 Å². The molecule has 3 rings (SSSR count). The fourth-order valence-electron chi connectivity index (χ4n) is 1.76. The number of aromatic nitrogens is 1. The molecule has 5 heteroatoms. The Morgan fingerprint density at radius 2 is 2.00 bits per heavy atom. The second kappa shape index (κ2) is 4.10. The summed E-state index contributed by atoms with van der Waals surface area (Å²) >= 11 is 0. The number of hydrogen-bond acceptors (Lipinski definition) is 3. The molecule has 0 radical (unpaired) electrons. The highest BCUT2D eigenvalue weighted by Crippen LogP contribution is 2.30. The third kappa shape index (κ3) is 1.90. The van der Waals surface area contributed by atoms with Gasteiger partial charge < -0.3 is 10.1 Å². The zero-order chi connectivity index (χ0) is 12.5. The lowest BCUT2D eigenvalue weighted by molar-refractivity contribution is -0.118. The Morgan fingerprint density at radius 1 is 1.22 bits per heavy atom. The average molecular weight is 244 g/mol. The van der Waals surface area contributed by atoms with Crippen LogP contribution in [0.15, 0.2) is 36.5 Å². The lowest BCUT2D eigenvalue weighted by Crippen LogP contribution is -2.26. The third-order valence-electron chi connectivity index (χ3n) is 2.65. The summed E-state index contributed by atoms with van der Waals surface area (Å²) in [5.41, 5.74) is 1.65. The molecule has 1 aliphatic rings. The average Bonchev–Trinajstić information content (AvgIpc) is 2.39. The molecule has 1 N–H and O–H groups in total. The van der Waals surface area contributed by atoms with Gasteiger partial charge in [-0.2, -0.15) is 0 Å². The molecule has 0 unspecified atom stereocenters. The number of hydrogen-bond donors (Lipinski definition) is 1. The molecule has 1 aromatic carbocycles. The van der Waals surface area contributed by atoms with Gasteiger partial charge in [-0.1, -0.05) is 12.1 Å². The summed E-state index contributed by atoms with van der Waals surface area (Å²) in [6.07, 6.45) is 1.61. The molecule has 0 aliphatic carbocycles. The molecule has 2 heterocycles. The van der Waals surface area contributed by atoms with Crippen molar-refractivity contribution in [1.29, 1.82) is 0 Å². The van der Waals surface area contributed by atoms with Gasteiger partial charge in [0.15, 0.2) is 18.2 Å². The molecule has 0 fully saturated rings. The number of pyridine rings is 1. The Kier molecular flexibility index (Phi) is 2.44. The highest BCUT2D eigenvalue weighted by atomic mass is 19.1. The van der Waals surface area contributed by atoms with Crippen LogP contribution in [0, 0.1) is 5.82 Å². The Labute approximate surface area is 102 Å². The molecule has 0 saturated carbocycles. The number of amides is 1. The van der Waals surface area contributed by atoms with Crippen LogP contribution in [0.2, 0.25) is 0 Å². The molecule has 1 amide bonds. The largest absolute Gasteiger partial charge is 0.480 e. The van der Waals surface area contributed by atoms with Crippen molar-refractivity contribution in [3.05, 3.63) is 42.3 Å². The SMILES string of the molecule is O=C1COc2cc(-c3ccc(F)cc3)cnc2N1. The maximum Gasteiger partial charge on any atom is 0.263 e. The Hall–Kier alpha value is -2.43. The van der Waals surface area contributed by atoms with Crippen molar-refractivity contribution in [1.82, 2.24) is 4.98 Å². The predicted octanol–water partition coefficient (Wildman–Crippen LogP) is 2.22. The molecule has 4 nitrogen and oxygen atoms in total. The van der Waals surface area contributed by atoms with Crippen molar-refractivity contribution in [2.45, 2.75) is 0 Å². The summed E-state index contributed by atoms with van der Waals surface area (Å²) in [6, 6.07) is 7.88. The monoisotopic (exact) mass is 244 g/mol. The lowest BCUT2D eigenvalue weighted by atomic mass is 10.1. The summed E-state index contributed by atoms with van der Waals surface area (Å²) in [5, 5.41) is 2.61. The number of rotatable bonds is 1. The number of ether oxygens (including phenoxy) is 1. The maximum atomic E-state index is 12.8. The Morgan fingerprint density at radius 3 is 2.78 bits per heavy atom. The third-order valence-corrected chi connectivity index (χ3v) is 2.65. The zero-order valence-corrected chi connectivity index (χ0v) is 9.31. The minimum Gasteiger partial charge on any atom is -0.480 e. The molecule has 0 atom stereocenters. The van der Waals surface area contributed by atoms with Gasteiger partial charge in [-0.05, 0) is 23.8 Å². The van der Waals surface area contributed by atoms with Crippen LogP contribution in [0.4, 0.5) is 10.2 Å². The van der Waals surface area contributed by atoms with Gasteiger partial charge in [-0.25, -0.2) is 9.37 Å². The summed E-state index contributed by atoms with van der Waals surface area (Å²) in [6.45, 7) is -0.0124. The van der Waals surface area contributed by atoms with E-state index in [0.29, 0.717) is 11.6 Å². The quantitative estimate of drug-likeness (QED) is 0.836. The predicted molar refractivity (Wildman–Crippen MR) is 63.8 cm³/mol. The number of nitrogens with one attached hydrogen (secondary N) is 1. The molecule has 1 aromatic heterocycles. The molecule has 18 heavy (non-hydrogen) atoms. The minimum absolute atomic E-state index is 0.0124. The normalized spacial score (nSPS) is 13.5. The van der Waals surface area contributed by atoms with Gasteiger partial charge in [0.25, 0.3) is 5.91 Å². The Bertz CT molecular complexity index is 611. The molecule has 1 aliphatic heterocycles. The lowest BCUT2D eigenvalue weighted by Gasteiger charge is -2.17. The van der Waals surface area contributed by atoms with Crippen LogP contribution >= 0.6 is 0 Å². The summed E-state index contributed by atoms with van der Waals surface area (Å²) in [5.74, 6) is 0.436. The number of benzene rings is 1. The highest BCUT2D eigenvalue weighted by molar-refractivity contribution is 5.94. The van der Waals surface area contributed by atoms with E-state index in [1.807, 2.05) is 0 Å². The first-order chi connectivity index (χ1) is 8.72. The van der Waals surface area contributed by atoms with Gasteiger partial charge in [0, 0.05) is 11.8 Å². The van der Waals surface area contributed by atoms with E-state index in [1.165, 1.54) is 12.1 Å². The summed E-state index contributed by atoms with van der Waals surface area (Å²) in [7, 11) is 0. The van der Waals surface area contributed by atoms with Crippen molar-refractivity contribution in [3.63, 3.8) is 0 Å². The summed E-state index contributed by atoms with van der Waals surface area (Å²) in [4.78, 5) is 15.2. The number of anilines is 1. The number of fused-ring (bicyclic) bond motifs is 1. The van der Waals surface area contributed by atoms with E-state index in [2.05, 4.69) is 10.3 Å². The smallest absolute Gasteiger partial charge is 0.263 e. The van der Waals surface area contributed by atoms with Gasteiger partial charge in [-0.15, -0.1) is 0 Å². The molecule has 0 saturated heterocycles. The number of nitrogens with zero attached hydrogens (tertiary/aromatic N) is 1. The van der Waals surface area contributed by atoms with Gasteiger partial charge in [0.2, 0.25) is 0 Å². The molecule has 2 aromatic rings. The van der Waals surface area contributed by atoms with Crippen LogP contribution in [0.5, 0.6) is 5.75 Å². The van der Waals surface area contributed by atoms with Gasteiger partial charge in [0.05, 0.1) is 0 Å². The van der Waals surface area contributed by atoms with E-state index in [9.17, 15) is 9.18 Å². The van der Waals surface area contributed by atoms with E-state index >= 15 is 0 Å². The van der Waals surface area contributed by atoms with Crippen LogP contribution in [0.25, 0.3) is 11.1 Å². The van der Waals surface area contributed by atoms with Gasteiger partial charge >= 0.3 is 0 Å². The fraction of sp³-hybridized carbons (Fsp3) is 0.0769. The first-order valence-corrected chi connectivity index (χ1v) is 5.41.